The molecule has 0 fully saturated rings. The number of hydrogen-bond donors (Lipinski definition) is 1. The molecule has 1 atom stereocenters. The van der Waals surface area contributed by atoms with E-state index in [9.17, 15) is 13.2 Å². The quantitative estimate of drug-likeness (QED) is 0.691. The van der Waals surface area contributed by atoms with Crippen molar-refractivity contribution in [3.63, 3.8) is 0 Å². The van der Waals surface area contributed by atoms with Crippen molar-refractivity contribution in [2.45, 2.75) is 12.2 Å². The molecular formula is C14H10ClF3IN. The van der Waals surface area contributed by atoms with E-state index in [4.69, 9.17) is 17.3 Å². The van der Waals surface area contributed by atoms with Crippen LogP contribution in [0.3, 0.4) is 0 Å². The molecule has 2 aromatic rings. The van der Waals surface area contributed by atoms with E-state index in [-0.39, 0.29) is 0 Å². The van der Waals surface area contributed by atoms with Crippen LogP contribution in [0.1, 0.15) is 22.7 Å². The minimum atomic E-state index is -4.34. The predicted molar refractivity (Wildman–Crippen MR) is 81.6 cm³/mol. The highest BCUT2D eigenvalue weighted by Crippen LogP contribution is 2.31. The Hall–Kier alpha value is -0.790. The van der Waals surface area contributed by atoms with Crippen molar-refractivity contribution in [3.05, 3.63) is 67.7 Å². The summed E-state index contributed by atoms with van der Waals surface area (Å²) in [6.07, 6.45) is -4.34. The summed E-state index contributed by atoms with van der Waals surface area (Å²) >= 11 is 8.11. The van der Waals surface area contributed by atoms with E-state index in [0.717, 1.165) is 21.3 Å². The third-order valence-electron chi connectivity index (χ3n) is 2.90. The van der Waals surface area contributed by atoms with Crippen LogP contribution in [0.15, 0.2) is 42.5 Å². The lowest BCUT2D eigenvalue weighted by atomic mass is 9.98. The Morgan fingerprint density at radius 3 is 2.05 bits per heavy atom. The van der Waals surface area contributed by atoms with Crippen LogP contribution in [0.5, 0.6) is 0 Å². The molecule has 6 heteroatoms. The van der Waals surface area contributed by atoms with Gasteiger partial charge in [0.25, 0.3) is 0 Å². The third kappa shape index (κ3) is 3.45. The largest absolute Gasteiger partial charge is 0.416 e. The van der Waals surface area contributed by atoms with Crippen molar-refractivity contribution in [1.82, 2.24) is 0 Å². The van der Waals surface area contributed by atoms with E-state index in [0.29, 0.717) is 10.6 Å². The zero-order chi connectivity index (χ0) is 14.9. The lowest BCUT2D eigenvalue weighted by molar-refractivity contribution is -0.137. The van der Waals surface area contributed by atoms with Gasteiger partial charge in [-0.25, -0.2) is 0 Å². The van der Waals surface area contributed by atoms with Crippen LogP contribution < -0.4 is 5.73 Å². The Morgan fingerprint density at radius 2 is 1.55 bits per heavy atom. The highest BCUT2D eigenvalue weighted by atomic mass is 127. The van der Waals surface area contributed by atoms with E-state index in [1.165, 1.54) is 12.1 Å². The molecule has 0 aliphatic rings. The van der Waals surface area contributed by atoms with E-state index < -0.39 is 17.8 Å². The zero-order valence-corrected chi connectivity index (χ0v) is 13.0. The van der Waals surface area contributed by atoms with Crippen LogP contribution in [0.4, 0.5) is 13.2 Å². The minimum absolute atomic E-state index is 0.508. The molecule has 0 saturated heterocycles. The molecule has 106 valence electrons. The van der Waals surface area contributed by atoms with Crippen molar-refractivity contribution in [1.29, 1.82) is 0 Å². The van der Waals surface area contributed by atoms with E-state index >= 15 is 0 Å². The van der Waals surface area contributed by atoms with Gasteiger partial charge < -0.3 is 5.73 Å². The maximum Gasteiger partial charge on any atom is 0.416 e. The molecule has 0 amide bonds. The predicted octanol–water partition coefficient (Wildman–Crippen LogP) is 5.01. The van der Waals surface area contributed by atoms with Gasteiger partial charge in [-0.3, -0.25) is 0 Å². The second-order valence-electron chi connectivity index (χ2n) is 4.27. The Kier molecular flexibility index (Phi) is 4.61. The first-order chi connectivity index (χ1) is 9.29. The third-order valence-corrected chi connectivity index (χ3v) is 4.47. The van der Waals surface area contributed by atoms with Crippen LogP contribution in [0.25, 0.3) is 0 Å². The van der Waals surface area contributed by atoms with Crippen molar-refractivity contribution >= 4 is 34.2 Å². The molecule has 0 aliphatic heterocycles. The van der Waals surface area contributed by atoms with Gasteiger partial charge in [0, 0.05) is 3.57 Å². The molecule has 2 rings (SSSR count). The minimum Gasteiger partial charge on any atom is -0.320 e. The molecule has 0 radical (unpaired) electrons. The van der Waals surface area contributed by atoms with Crippen molar-refractivity contribution in [3.8, 4) is 0 Å². The second kappa shape index (κ2) is 5.91. The summed E-state index contributed by atoms with van der Waals surface area (Å²) in [4.78, 5) is 0. The molecule has 0 aliphatic carbocycles. The van der Waals surface area contributed by atoms with E-state index in [1.807, 2.05) is 12.1 Å². The first-order valence-corrected chi connectivity index (χ1v) is 7.12. The number of alkyl halides is 3. The summed E-state index contributed by atoms with van der Waals surface area (Å²) in [6, 6.07) is 9.70. The zero-order valence-electron chi connectivity index (χ0n) is 10.1. The maximum atomic E-state index is 12.5. The summed E-state index contributed by atoms with van der Waals surface area (Å²) < 4.78 is 38.4. The Bertz CT molecular complexity index is 611. The first kappa shape index (κ1) is 15.6. The lowest BCUT2D eigenvalue weighted by Gasteiger charge is -2.14. The SMILES string of the molecule is NC(c1ccc(C(F)(F)F)cc1)c1ccc(I)c(Cl)c1. The molecular weight excluding hydrogens is 402 g/mol. The number of rotatable bonds is 2. The first-order valence-electron chi connectivity index (χ1n) is 5.66. The number of hydrogen-bond acceptors (Lipinski definition) is 1. The van der Waals surface area contributed by atoms with Gasteiger partial charge in [-0.1, -0.05) is 29.8 Å². The highest BCUT2D eigenvalue weighted by molar-refractivity contribution is 14.1. The Balaban J connectivity index is 2.29. The van der Waals surface area contributed by atoms with E-state index in [2.05, 4.69) is 22.6 Å². The average Bonchev–Trinajstić information content (AvgIpc) is 2.40. The molecule has 1 unspecified atom stereocenters. The fourth-order valence-electron chi connectivity index (χ4n) is 1.78. The lowest BCUT2D eigenvalue weighted by Crippen LogP contribution is -2.13. The number of benzene rings is 2. The number of halogens is 5. The summed E-state index contributed by atoms with van der Waals surface area (Å²) in [7, 11) is 0. The fourth-order valence-corrected chi connectivity index (χ4v) is 2.30. The van der Waals surface area contributed by atoms with Crippen molar-refractivity contribution in [2.24, 2.45) is 5.73 Å². The van der Waals surface area contributed by atoms with Gasteiger partial charge in [0.05, 0.1) is 16.6 Å². The normalized spacial score (nSPS) is 13.3. The fraction of sp³-hybridized carbons (Fsp3) is 0.143. The van der Waals surface area contributed by atoms with E-state index in [1.54, 1.807) is 6.07 Å². The van der Waals surface area contributed by atoms with Gasteiger partial charge in [0.1, 0.15) is 0 Å². The van der Waals surface area contributed by atoms with Crippen LogP contribution in [-0.2, 0) is 6.18 Å². The van der Waals surface area contributed by atoms with Gasteiger partial charge in [-0.15, -0.1) is 0 Å². The average molecular weight is 412 g/mol. The van der Waals surface area contributed by atoms with Crippen molar-refractivity contribution < 1.29 is 13.2 Å². The Morgan fingerprint density at radius 1 is 1.00 bits per heavy atom. The van der Waals surface area contributed by atoms with Crippen molar-refractivity contribution in [2.75, 3.05) is 0 Å². The second-order valence-corrected chi connectivity index (χ2v) is 5.84. The summed E-state index contributed by atoms with van der Waals surface area (Å²) in [5.74, 6) is 0. The molecule has 0 bridgehead atoms. The number of nitrogens with two attached hydrogens (primary N) is 1. The standard InChI is InChI=1S/C14H10ClF3IN/c15-11-7-9(3-6-12(11)19)13(20)8-1-4-10(5-2-8)14(16,17)18/h1-7,13H,20H2. The van der Waals surface area contributed by atoms with Crippen LogP contribution in [0, 0.1) is 3.57 Å². The molecule has 1 nitrogen and oxygen atoms in total. The summed E-state index contributed by atoms with van der Waals surface area (Å²) in [5, 5.41) is 0.575. The van der Waals surface area contributed by atoms with Crippen LogP contribution in [-0.4, -0.2) is 0 Å². The van der Waals surface area contributed by atoms with Gasteiger partial charge in [0.2, 0.25) is 0 Å². The molecule has 0 spiro atoms. The van der Waals surface area contributed by atoms with Gasteiger partial charge >= 0.3 is 6.18 Å². The smallest absolute Gasteiger partial charge is 0.320 e. The van der Waals surface area contributed by atoms with Crippen LogP contribution in [0.2, 0.25) is 5.02 Å². The van der Waals surface area contributed by atoms with Gasteiger partial charge in [-0.05, 0) is 58.0 Å². The highest BCUT2D eigenvalue weighted by Gasteiger charge is 2.30. The molecule has 0 aromatic heterocycles. The summed E-state index contributed by atoms with van der Waals surface area (Å²) in [6.45, 7) is 0. The Labute approximate surface area is 133 Å². The van der Waals surface area contributed by atoms with Gasteiger partial charge in [0.15, 0.2) is 0 Å². The molecule has 0 heterocycles. The molecule has 0 saturated carbocycles. The molecule has 20 heavy (non-hydrogen) atoms. The van der Waals surface area contributed by atoms with Crippen LogP contribution >= 0.6 is 34.2 Å². The van der Waals surface area contributed by atoms with Gasteiger partial charge in [-0.2, -0.15) is 13.2 Å². The topological polar surface area (TPSA) is 26.0 Å². The monoisotopic (exact) mass is 411 g/mol. The molecule has 2 aromatic carbocycles. The summed E-state index contributed by atoms with van der Waals surface area (Å²) in [5.41, 5.74) is 6.73. The molecule has 2 N–H and O–H groups in total. The maximum absolute atomic E-state index is 12.5.